The Bertz CT molecular complexity index is 798. The maximum atomic E-state index is 11.6. The Balaban J connectivity index is 2.06. The summed E-state index contributed by atoms with van der Waals surface area (Å²) in [5.74, 6) is -0.0221. The van der Waals surface area contributed by atoms with Gasteiger partial charge in [0.05, 0.1) is 17.6 Å². The second-order valence-corrected chi connectivity index (χ2v) is 4.98. The van der Waals surface area contributed by atoms with Crippen LogP contribution in [0.4, 0.5) is 0 Å². The van der Waals surface area contributed by atoms with Crippen molar-refractivity contribution in [2.24, 2.45) is 0 Å². The average Bonchev–Trinajstić information content (AvgIpc) is 2.60. The molecule has 3 rings (SSSR count). The van der Waals surface area contributed by atoms with E-state index in [1.807, 2.05) is 6.07 Å². The zero-order valence-corrected chi connectivity index (χ0v) is 12.3. The molecule has 0 spiro atoms. The van der Waals surface area contributed by atoms with Crippen LogP contribution in [0.1, 0.15) is 27.6 Å². The number of carbonyl (C=O) groups is 1. The third-order valence-corrected chi connectivity index (χ3v) is 3.56. The zero-order valence-electron chi connectivity index (χ0n) is 12.3. The van der Waals surface area contributed by atoms with Gasteiger partial charge in [0.15, 0.2) is 0 Å². The van der Waals surface area contributed by atoms with Crippen molar-refractivity contribution < 1.29 is 19.2 Å². The van der Waals surface area contributed by atoms with Crippen LogP contribution in [0.3, 0.4) is 0 Å². The van der Waals surface area contributed by atoms with Crippen LogP contribution in [0.5, 0.6) is 5.75 Å². The van der Waals surface area contributed by atoms with Crippen LogP contribution in [0.15, 0.2) is 54.2 Å². The van der Waals surface area contributed by atoms with Gasteiger partial charge in [-0.05, 0) is 18.2 Å². The van der Waals surface area contributed by atoms with Crippen molar-refractivity contribution in [2.45, 2.75) is 6.10 Å². The van der Waals surface area contributed by atoms with Gasteiger partial charge in [0.2, 0.25) is 6.10 Å². The molecule has 6 heteroatoms. The Kier molecular flexibility index (Phi) is 3.80. The Hall–Kier alpha value is -3.15. The van der Waals surface area contributed by atoms with Crippen molar-refractivity contribution in [1.29, 1.82) is 0 Å². The molecule has 0 N–H and O–H groups in total. The van der Waals surface area contributed by atoms with Crippen LogP contribution in [-0.2, 0) is 4.74 Å². The number of nitrogens with zero attached hydrogens (tertiary/aromatic N) is 1. The third-order valence-electron chi connectivity index (χ3n) is 3.56. The number of hydrogen-bond donors (Lipinski definition) is 0. The van der Waals surface area contributed by atoms with Gasteiger partial charge < -0.3 is 9.47 Å². The van der Waals surface area contributed by atoms with Gasteiger partial charge in [-0.25, -0.2) is 4.79 Å². The molecule has 23 heavy (non-hydrogen) atoms. The quantitative estimate of drug-likeness (QED) is 0.494. The molecule has 116 valence electrons. The van der Waals surface area contributed by atoms with Gasteiger partial charge in [-0.3, -0.25) is 10.1 Å². The molecule has 1 aliphatic rings. The maximum Gasteiger partial charge on any atom is 0.337 e. The molecule has 1 aliphatic heterocycles. The molecule has 1 atom stereocenters. The summed E-state index contributed by atoms with van der Waals surface area (Å²) in [4.78, 5) is 22.5. The second kappa shape index (κ2) is 5.92. The summed E-state index contributed by atoms with van der Waals surface area (Å²) in [6.45, 7) is 0. The van der Waals surface area contributed by atoms with Gasteiger partial charge in [0, 0.05) is 17.2 Å². The van der Waals surface area contributed by atoms with Crippen LogP contribution < -0.4 is 4.74 Å². The number of carbonyl (C=O) groups excluding carboxylic acids is 1. The fourth-order valence-corrected chi connectivity index (χ4v) is 2.45. The summed E-state index contributed by atoms with van der Waals surface area (Å²) in [5.41, 5.74) is 1.41. The summed E-state index contributed by atoms with van der Waals surface area (Å²) in [5, 5.41) is 11.4. The minimum absolute atomic E-state index is 0.0780. The number of ether oxygens (including phenoxy) is 2. The number of methoxy groups -OCH3 is 1. The number of hydrogen-bond acceptors (Lipinski definition) is 5. The van der Waals surface area contributed by atoms with Crippen molar-refractivity contribution in [3.63, 3.8) is 0 Å². The van der Waals surface area contributed by atoms with Crippen molar-refractivity contribution in [2.75, 3.05) is 7.11 Å². The summed E-state index contributed by atoms with van der Waals surface area (Å²) in [6, 6.07) is 13.7. The van der Waals surface area contributed by atoms with E-state index in [1.54, 1.807) is 36.4 Å². The van der Waals surface area contributed by atoms with E-state index in [4.69, 9.17) is 4.74 Å². The topological polar surface area (TPSA) is 78.7 Å². The molecule has 1 heterocycles. The minimum atomic E-state index is -0.789. The highest BCUT2D eigenvalue weighted by Crippen LogP contribution is 2.37. The molecular weight excluding hydrogens is 298 g/mol. The largest absolute Gasteiger partial charge is 0.474 e. The van der Waals surface area contributed by atoms with Gasteiger partial charge >= 0.3 is 5.97 Å². The number of rotatable bonds is 3. The van der Waals surface area contributed by atoms with Crippen LogP contribution in [-0.4, -0.2) is 18.0 Å². The Morgan fingerprint density at radius 1 is 1.22 bits per heavy atom. The molecule has 6 nitrogen and oxygen atoms in total. The van der Waals surface area contributed by atoms with Crippen molar-refractivity contribution in [3.05, 3.63) is 81.0 Å². The van der Waals surface area contributed by atoms with Crippen LogP contribution in [0.25, 0.3) is 6.08 Å². The number of benzene rings is 2. The van der Waals surface area contributed by atoms with Gasteiger partial charge in [-0.2, -0.15) is 0 Å². The van der Waals surface area contributed by atoms with Gasteiger partial charge in [-0.1, -0.05) is 30.3 Å². The van der Waals surface area contributed by atoms with Crippen LogP contribution >= 0.6 is 0 Å². The lowest BCUT2D eigenvalue weighted by Gasteiger charge is -2.23. The molecule has 0 bridgehead atoms. The first-order valence-electron chi connectivity index (χ1n) is 6.90. The fourth-order valence-electron chi connectivity index (χ4n) is 2.45. The van der Waals surface area contributed by atoms with E-state index in [-0.39, 0.29) is 5.70 Å². The van der Waals surface area contributed by atoms with E-state index in [0.29, 0.717) is 22.4 Å². The molecular formula is C17H13NO5. The van der Waals surface area contributed by atoms with Gasteiger partial charge in [0.25, 0.3) is 5.70 Å². The highest BCUT2D eigenvalue weighted by molar-refractivity contribution is 5.90. The number of fused-ring (bicyclic) bond motifs is 1. The van der Waals surface area contributed by atoms with Gasteiger partial charge in [-0.15, -0.1) is 0 Å². The zero-order chi connectivity index (χ0) is 16.4. The minimum Gasteiger partial charge on any atom is -0.474 e. The van der Waals surface area contributed by atoms with E-state index >= 15 is 0 Å². The van der Waals surface area contributed by atoms with Crippen molar-refractivity contribution >= 4 is 12.0 Å². The maximum absolute atomic E-state index is 11.6. The molecule has 0 saturated carbocycles. The highest BCUT2D eigenvalue weighted by atomic mass is 16.6. The summed E-state index contributed by atoms with van der Waals surface area (Å²) in [7, 11) is 1.28. The lowest BCUT2D eigenvalue weighted by molar-refractivity contribution is -0.434. The Morgan fingerprint density at radius 2 is 1.96 bits per heavy atom. The van der Waals surface area contributed by atoms with Crippen LogP contribution in [0.2, 0.25) is 0 Å². The van der Waals surface area contributed by atoms with E-state index in [0.717, 1.165) is 0 Å². The van der Waals surface area contributed by atoms with E-state index in [9.17, 15) is 14.9 Å². The number of esters is 1. The SMILES string of the molecule is COC(=O)c1ccc2c(c1)C=C([N+](=O)[O-])C(c1ccccc1)O2. The van der Waals surface area contributed by atoms with Gasteiger partial charge in [0.1, 0.15) is 5.75 Å². The van der Waals surface area contributed by atoms with Crippen molar-refractivity contribution in [1.82, 2.24) is 0 Å². The summed E-state index contributed by atoms with van der Waals surface area (Å²) >= 11 is 0. The van der Waals surface area contributed by atoms with Crippen LogP contribution in [0, 0.1) is 10.1 Å². The summed E-state index contributed by atoms with van der Waals surface area (Å²) in [6.07, 6.45) is 0.644. The van der Waals surface area contributed by atoms with E-state index < -0.39 is 17.0 Å². The normalized spacial score (nSPS) is 15.9. The Morgan fingerprint density at radius 3 is 2.61 bits per heavy atom. The molecule has 0 aromatic heterocycles. The smallest absolute Gasteiger partial charge is 0.337 e. The molecule has 0 saturated heterocycles. The molecule has 1 unspecified atom stereocenters. The molecule has 2 aromatic carbocycles. The Labute approximate surface area is 132 Å². The van der Waals surface area contributed by atoms with E-state index in [1.165, 1.54) is 19.3 Å². The molecule has 2 aromatic rings. The lowest BCUT2D eigenvalue weighted by Crippen LogP contribution is -2.20. The predicted octanol–water partition coefficient (Wildman–Crippen LogP) is 3.22. The monoisotopic (exact) mass is 311 g/mol. The summed E-state index contributed by atoms with van der Waals surface area (Å²) < 4.78 is 10.5. The fraction of sp³-hybridized carbons (Fsp3) is 0.118. The predicted molar refractivity (Wildman–Crippen MR) is 82.6 cm³/mol. The molecule has 0 aliphatic carbocycles. The third kappa shape index (κ3) is 2.78. The first-order chi connectivity index (χ1) is 11.1. The first-order valence-corrected chi connectivity index (χ1v) is 6.90. The highest BCUT2D eigenvalue weighted by Gasteiger charge is 2.33. The van der Waals surface area contributed by atoms with E-state index in [2.05, 4.69) is 4.74 Å². The molecule has 0 fully saturated rings. The second-order valence-electron chi connectivity index (χ2n) is 4.98. The first kappa shape index (κ1) is 14.8. The molecule has 0 radical (unpaired) electrons. The average molecular weight is 311 g/mol. The lowest BCUT2D eigenvalue weighted by atomic mass is 10.00. The standard InChI is InChI=1S/C17H13NO5/c1-22-17(19)12-7-8-15-13(9-12)10-14(18(20)21)16(23-15)11-5-3-2-4-6-11/h2-10,16H,1H3. The molecule has 0 amide bonds. The van der Waals surface area contributed by atoms with Crippen molar-refractivity contribution in [3.8, 4) is 5.75 Å². The number of nitro groups is 1.